The van der Waals surface area contributed by atoms with Crippen molar-refractivity contribution in [2.75, 3.05) is 32.8 Å². The number of nitrogens with one attached hydrogen (secondary N) is 5. The van der Waals surface area contributed by atoms with Crippen molar-refractivity contribution in [3.05, 3.63) is 65.7 Å². The number of carbonyl (C=O) groups excluding carboxylic acids is 5. The van der Waals surface area contributed by atoms with E-state index in [9.17, 15) is 24.0 Å². The predicted octanol–water partition coefficient (Wildman–Crippen LogP) is 2.32. The molecule has 0 aliphatic carbocycles. The molecule has 0 radical (unpaired) electrons. The monoisotopic (exact) mass is 676 g/mol. The Balaban J connectivity index is 1.57. The van der Waals surface area contributed by atoms with Gasteiger partial charge in [-0.2, -0.15) is 0 Å². The highest BCUT2D eigenvalue weighted by Gasteiger charge is 2.32. The number of hydrogen-bond donors (Lipinski definition) is 5. The molecule has 2 aromatic carbocycles. The van der Waals surface area contributed by atoms with Crippen LogP contribution in [0.3, 0.4) is 0 Å². The minimum Gasteiger partial charge on any atom is -0.491 e. The van der Waals surface area contributed by atoms with Crippen molar-refractivity contribution in [1.82, 2.24) is 31.5 Å². The molecule has 49 heavy (non-hydrogen) atoms. The summed E-state index contributed by atoms with van der Waals surface area (Å²) in [5, 5.41) is 14.2. The summed E-state index contributed by atoms with van der Waals surface area (Å²) in [6.45, 7) is 8.79. The average molecular weight is 677 g/mol. The van der Waals surface area contributed by atoms with Gasteiger partial charge in [-0.3, -0.25) is 24.0 Å². The lowest BCUT2D eigenvalue weighted by atomic mass is 10.0. The molecule has 2 heterocycles. The molecule has 0 spiro atoms. The van der Waals surface area contributed by atoms with Gasteiger partial charge in [0.15, 0.2) is 0 Å². The summed E-state index contributed by atoms with van der Waals surface area (Å²) in [7, 11) is 0. The molecule has 0 saturated carbocycles. The quantitative estimate of drug-likeness (QED) is 0.269. The van der Waals surface area contributed by atoms with E-state index >= 15 is 0 Å². The molecule has 266 valence electrons. The smallest absolute Gasteiger partial charge is 0.255 e. The lowest BCUT2D eigenvalue weighted by molar-refractivity contribution is -0.133. The summed E-state index contributed by atoms with van der Waals surface area (Å²) in [5.74, 6) is -2.62. The number of amides is 5. The highest BCUT2D eigenvalue weighted by atomic mass is 16.5. The maximum absolute atomic E-state index is 13.7. The molecule has 12 nitrogen and oxygen atoms in total. The minimum absolute atomic E-state index is 0.0480. The molecule has 0 unspecified atom stereocenters. The Labute approximate surface area is 289 Å². The Hall–Kier alpha value is -4.45. The number of fused-ring (bicyclic) bond motifs is 1. The third kappa shape index (κ3) is 11.9. The molecule has 1 fully saturated rings. The molecule has 4 atom stereocenters. The average Bonchev–Trinajstić information content (AvgIpc) is 3.36. The first-order chi connectivity index (χ1) is 23.6. The normalized spacial score (nSPS) is 23.4. The largest absolute Gasteiger partial charge is 0.491 e. The molecule has 0 aromatic heterocycles. The van der Waals surface area contributed by atoms with Gasteiger partial charge in [-0.15, -0.1) is 0 Å². The van der Waals surface area contributed by atoms with Crippen LogP contribution in [0.2, 0.25) is 0 Å². The second kappa shape index (κ2) is 18.9. The van der Waals surface area contributed by atoms with Gasteiger partial charge >= 0.3 is 0 Å². The number of para-hydroxylation sites is 1. The minimum atomic E-state index is -1.22. The maximum atomic E-state index is 13.7. The van der Waals surface area contributed by atoms with Crippen molar-refractivity contribution in [2.45, 2.75) is 89.9 Å². The second-order valence-electron chi connectivity index (χ2n) is 13.4. The SMILES string of the molecule is CC(C)[C@H]1NC(=O)[C@H](Cc2ccccc2)NC(=O)C[C@@H](C(=O)NCCCN2CCCCCC2)NC(=O)c2ccccc2OC[C@H](C)NC1=O. The van der Waals surface area contributed by atoms with Crippen LogP contribution in [0, 0.1) is 5.92 Å². The van der Waals surface area contributed by atoms with Crippen LogP contribution in [-0.2, 0) is 25.6 Å². The molecule has 0 bridgehead atoms. The van der Waals surface area contributed by atoms with E-state index in [0.717, 1.165) is 31.6 Å². The molecule has 5 amide bonds. The Morgan fingerprint density at radius 2 is 1.57 bits per heavy atom. The molecule has 1 saturated heterocycles. The topological polar surface area (TPSA) is 158 Å². The van der Waals surface area contributed by atoms with Crippen molar-refractivity contribution in [3.63, 3.8) is 0 Å². The third-order valence-corrected chi connectivity index (χ3v) is 8.85. The molecule has 2 aromatic rings. The number of hydrogen-bond acceptors (Lipinski definition) is 7. The lowest BCUT2D eigenvalue weighted by Gasteiger charge is -2.27. The molecule has 12 heteroatoms. The van der Waals surface area contributed by atoms with Gasteiger partial charge in [0.05, 0.1) is 18.0 Å². The molecular weight excluding hydrogens is 624 g/mol. The van der Waals surface area contributed by atoms with E-state index in [-0.39, 0.29) is 30.3 Å². The first-order valence-electron chi connectivity index (χ1n) is 17.6. The fourth-order valence-electron chi connectivity index (χ4n) is 6.10. The Kier molecular flexibility index (Phi) is 14.4. The van der Waals surface area contributed by atoms with Crippen LogP contribution < -0.4 is 31.3 Å². The van der Waals surface area contributed by atoms with Crippen LogP contribution in [0.25, 0.3) is 0 Å². The van der Waals surface area contributed by atoms with Gasteiger partial charge in [0.25, 0.3) is 5.91 Å². The fourth-order valence-corrected chi connectivity index (χ4v) is 6.10. The van der Waals surface area contributed by atoms with Gasteiger partial charge < -0.3 is 36.2 Å². The number of benzene rings is 2. The molecule has 2 aliphatic heterocycles. The van der Waals surface area contributed by atoms with E-state index in [4.69, 9.17) is 4.74 Å². The summed E-state index contributed by atoms with van der Waals surface area (Å²) in [6, 6.07) is 12.2. The maximum Gasteiger partial charge on any atom is 0.255 e. The van der Waals surface area contributed by atoms with E-state index in [1.807, 2.05) is 44.2 Å². The van der Waals surface area contributed by atoms with Crippen LogP contribution >= 0.6 is 0 Å². The van der Waals surface area contributed by atoms with Crippen LogP contribution in [0.4, 0.5) is 0 Å². The highest BCUT2D eigenvalue weighted by Crippen LogP contribution is 2.19. The highest BCUT2D eigenvalue weighted by molar-refractivity contribution is 6.01. The molecule has 2 aliphatic rings. The van der Waals surface area contributed by atoms with Gasteiger partial charge in [0.2, 0.25) is 23.6 Å². The van der Waals surface area contributed by atoms with Crippen molar-refractivity contribution in [1.29, 1.82) is 0 Å². The van der Waals surface area contributed by atoms with E-state index in [0.29, 0.717) is 6.54 Å². The van der Waals surface area contributed by atoms with Gasteiger partial charge in [-0.1, -0.05) is 69.2 Å². The summed E-state index contributed by atoms with van der Waals surface area (Å²) in [4.78, 5) is 70.2. The first-order valence-corrected chi connectivity index (χ1v) is 17.6. The molecular formula is C37H52N6O6. The van der Waals surface area contributed by atoms with E-state index in [2.05, 4.69) is 31.5 Å². The Morgan fingerprint density at radius 1 is 0.878 bits per heavy atom. The van der Waals surface area contributed by atoms with Crippen molar-refractivity contribution in [2.24, 2.45) is 5.92 Å². The van der Waals surface area contributed by atoms with E-state index in [1.54, 1.807) is 31.2 Å². The summed E-state index contributed by atoms with van der Waals surface area (Å²) >= 11 is 0. The molecule has 5 N–H and O–H groups in total. The van der Waals surface area contributed by atoms with Gasteiger partial charge in [0, 0.05) is 13.0 Å². The number of rotatable bonds is 8. The second-order valence-corrected chi connectivity index (χ2v) is 13.4. The van der Waals surface area contributed by atoms with Gasteiger partial charge in [-0.25, -0.2) is 0 Å². The zero-order chi connectivity index (χ0) is 35.2. The summed E-state index contributed by atoms with van der Waals surface area (Å²) in [6.07, 6.45) is 5.31. The van der Waals surface area contributed by atoms with Crippen LogP contribution in [0.5, 0.6) is 5.75 Å². The lowest BCUT2D eigenvalue weighted by Crippen LogP contribution is -2.57. The Morgan fingerprint density at radius 3 is 2.29 bits per heavy atom. The van der Waals surface area contributed by atoms with Crippen LogP contribution in [0.15, 0.2) is 54.6 Å². The zero-order valence-corrected chi connectivity index (χ0v) is 29.0. The number of likely N-dealkylation sites (tertiary alicyclic amines) is 1. The number of ether oxygens (including phenoxy) is 1. The van der Waals surface area contributed by atoms with E-state index in [1.165, 1.54) is 25.7 Å². The van der Waals surface area contributed by atoms with Gasteiger partial charge in [0.1, 0.15) is 30.5 Å². The first kappa shape index (κ1) is 37.4. The number of carbonyl (C=O) groups is 5. The van der Waals surface area contributed by atoms with Crippen molar-refractivity contribution >= 4 is 29.5 Å². The molecule has 4 rings (SSSR count). The van der Waals surface area contributed by atoms with E-state index < -0.39 is 60.1 Å². The summed E-state index contributed by atoms with van der Waals surface area (Å²) in [5.41, 5.74) is 0.984. The summed E-state index contributed by atoms with van der Waals surface area (Å²) < 4.78 is 5.96. The van der Waals surface area contributed by atoms with Gasteiger partial charge in [-0.05, 0) is 69.4 Å². The standard InChI is InChI=1S/C37H52N6O6/c1-25(2)33-37(48)39-26(3)24-49-31-17-10-9-16-28(31)34(45)41-30(35(46)38-18-13-21-43-19-11-4-5-12-20-43)23-32(44)40-29(36(47)42-33)22-27-14-7-6-8-15-27/h6-10,14-17,25-26,29-30,33H,4-5,11-13,18-24H2,1-3H3,(H,38,46)(H,39,48)(H,40,44)(H,41,45)(H,42,47)/t26-,29-,30-,33+/m0/s1. The number of nitrogens with zero attached hydrogens (tertiary/aromatic N) is 1. The third-order valence-electron chi connectivity index (χ3n) is 8.85. The van der Waals surface area contributed by atoms with Crippen LogP contribution in [-0.4, -0.2) is 91.4 Å². The Bertz CT molecular complexity index is 1410. The fraction of sp³-hybridized carbons (Fsp3) is 0.541. The van der Waals surface area contributed by atoms with Crippen molar-refractivity contribution in [3.8, 4) is 5.75 Å². The zero-order valence-electron chi connectivity index (χ0n) is 29.0. The van der Waals surface area contributed by atoms with Crippen molar-refractivity contribution < 1.29 is 28.7 Å². The van der Waals surface area contributed by atoms with Crippen LogP contribution in [0.1, 0.15) is 75.2 Å². The predicted molar refractivity (Wildman–Crippen MR) is 187 cm³/mol.